The van der Waals surface area contributed by atoms with Gasteiger partial charge in [0, 0.05) is 17.8 Å². The molecule has 9 rings (SSSR count). The zero-order valence-corrected chi connectivity index (χ0v) is 27.7. The van der Waals surface area contributed by atoms with Crippen molar-refractivity contribution in [3.05, 3.63) is 187 Å². The van der Waals surface area contributed by atoms with Gasteiger partial charge in [0.1, 0.15) is 0 Å². The molecular formula is C48H35N. The molecule has 0 aliphatic heterocycles. The van der Waals surface area contributed by atoms with E-state index in [-0.39, 0.29) is 5.41 Å². The van der Waals surface area contributed by atoms with Gasteiger partial charge >= 0.3 is 0 Å². The number of nitrogens with zero attached hydrogens (tertiary/aromatic N) is 1. The number of hydrogen-bond acceptors (Lipinski definition) is 1. The van der Waals surface area contributed by atoms with Crippen molar-refractivity contribution in [1.82, 2.24) is 4.98 Å². The molecule has 0 radical (unpaired) electrons. The summed E-state index contributed by atoms with van der Waals surface area (Å²) < 4.78 is 0. The lowest BCUT2D eigenvalue weighted by Crippen LogP contribution is -2.15. The van der Waals surface area contributed by atoms with E-state index in [0.717, 1.165) is 11.1 Å². The van der Waals surface area contributed by atoms with Gasteiger partial charge in [-0.25, -0.2) is 0 Å². The van der Waals surface area contributed by atoms with Crippen LogP contribution in [0.4, 0.5) is 0 Å². The third kappa shape index (κ3) is 5.07. The maximum Gasteiger partial charge on any atom is 0.0346 e. The highest BCUT2D eigenvalue weighted by atomic mass is 14.6. The Morgan fingerprint density at radius 2 is 0.939 bits per heavy atom. The Balaban J connectivity index is 1.19. The first-order valence-corrected chi connectivity index (χ1v) is 17.0. The van der Waals surface area contributed by atoms with Crippen LogP contribution >= 0.6 is 0 Å². The van der Waals surface area contributed by atoms with Gasteiger partial charge in [0.2, 0.25) is 0 Å². The number of benzene rings is 7. The summed E-state index contributed by atoms with van der Waals surface area (Å²) in [5, 5.41) is 2.62. The number of hydrogen-bond donors (Lipinski definition) is 0. The summed E-state index contributed by atoms with van der Waals surface area (Å²) in [4.78, 5) is 4.32. The second-order valence-electron chi connectivity index (χ2n) is 13.7. The highest BCUT2D eigenvalue weighted by molar-refractivity contribution is 6.03. The second-order valence-corrected chi connectivity index (χ2v) is 13.7. The standard InChI is InChI=1S/C48H35N/c1-48(2)45-24-22-35-12-6-7-16-43(35)47(45)44-23-21-38(30-46(44)48)42-28-40(34-19-17-33(18-20-34)39-15-9-25-49-31-39)27-41(29-42)37-14-8-13-36(26-37)32-10-4-3-5-11-32/h3-31H,1-2H3. The van der Waals surface area contributed by atoms with Gasteiger partial charge in [-0.1, -0.05) is 141 Å². The number of aromatic nitrogens is 1. The summed E-state index contributed by atoms with van der Waals surface area (Å²) in [6.45, 7) is 4.74. The van der Waals surface area contributed by atoms with Gasteiger partial charge in [-0.05, 0) is 125 Å². The van der Waals surface area contributed by atoms with Crippen LogP contribution in [-0.4, -0.2) is 4.98 Å². The Morgan fingerprint density at radius 3 is 1.67 bits per heavy atom. The topological polar surface area (TPSA) is 12.9 Å². The van der Waals surface area contributed by atoms with Crippen molar-refractivity contribution in [2.24, 2.45) is 0 Å². The molecule has 0 unspecified atom stereocenters. The van der Waals surface area contributed by atoms with Gasteiger partial charge in [0.05, 0.1) is 0 Å². The molecular weight excluding hydrogens is 591 g/mol. The molecule has 1 aliphatic rings. The molecule has 49 heavy (non-hydrogen) atoms. The highest BCUT2D eigenvalue weighted by Crippen LogP contribution is 2.52. The van der Waals surface area contributed by atoms with Crippen molar-refractivity contribution in [3.63, 3.8) is 0 Å². The van der Waals surface area contributed by atoms with Crippen LogP contribution in [0.1, 0.15) is 25.0 Å². The molecule has 1 aromatic heterocycles. The van der Waals surface area contributed by atoms with Crippen molar-refractivity contribution in [2.75, 3.05) is 0 Å². The number of rotatable bonds is 5. The molecule has 0 spiro atoms. The molecule has 0 saturated heterocycles. The Hall–Kier alpha value is -6.05. The minimum atomic E-state index is -0.0999. The smallest absolute Gasteiger partial charge is 0.0346 e. The van der Waals surface area contributed by atoms with Gasteiger partial charge in [-0.15, -0.1) is 0 Å². The molecule has 0 bridgehead atoms. The average Bonchev–Trinajstić information content (AvgIpc) is 3.41. The lowest BCUT2D eigenvalue weighted by Gasteiger charge is -2.22. The summed E-state index contributed by atoms with van der Waals surface area (Å²) >= 11 is 0. The van der Waals surface area contributed by atoms with Crippen LogP contribution in [0.15, 0.2) is 176 Å². The molecule has 1 aliphatic carbocycles. The maximum absolute atomic E-state index is 4.32. The Bertz CT molecular complexity index is 2490. The van der Waals surface area contributed by atoms with E-state index in [4.69, 9.17) is 0 Å². The van der Waals surface area contributed by atoms with Gasteiger partial charge in [0.25, 0.3) is 0 Å². The normalized spacial score (nSPS) is 12.9. The molecule has 232 valence electrons. The molecule has 0 saturated carbocycles. The number of fused-ring (bicyclic) bond motifs is 5. The Morgan fingerprint density at radius 1 is 0.388 bits per heavy atom. The van der Waals surface area contributed by atoms with Crippen molar-refractivity contribution >= 4 is 10.8 Å². The second kappa shape index (κ2) is 11.6. The Kier molecular flexibility index (Phi) is 6.88. The molecule has 0 amide bonds. The van der Waals surface area contributed by atoms with Gasteiger partial charge in [-0.2, -0.15) is 0 Å². The summed E-state index contributed by atoms with van der Waals surface area (Å²) in [6, 6.07) is 60.1. The predicted molar refractivity (Wildman–Crippen MR) is 206 cm³/mol. The average molecular weight is 626 g/mol. The predicted octanol–water partition coefficient (Wildman–Crippen LogP) is 12.9. The third-order valence-electron chi connectivity index (χ3n) is 10.3. The van der Waals surface area contributed by atoms with E-state index >= 15 is 0 Å². The number of pyridine rings is 1. The summed E-state index contributed by atoms with van der Waals surface area (Å²) in [5.74, 6) is 0. The molecule has 1 nitrogen and oxygen atoms in total. The first-order chi connectivity index (χ1) is 24.0. The zero-order chi connectivity index (χ0) is 33.0. The van der Waals surface area contributed by atoms with Crippen molar-refractivity contribution in [2.45, 2.75) is 19.3 Å². The van der Waals surface area contributed by atoms with E-state index in [1.54, 1.807) is 0 Å². The maximum atomic E-state index is 4.32. The van der Waals surface area contributed by atoms with Gasteiger partial charge < -0.3 is 0 Å². The molecule has 0 fully saturated rings. The van der Waals surface area contributed by atoms with E-state index in [1.165, 1.54) is 77.5 Å². The van der Waals surface area contributed by atoms with Gasteiger partial charge in [-0.3, -0.25) is 4.98 Å². The highest BCUT2D eigenvalue weighted by Gasteiger charge is 2.36. The fourth-order valence-corrected chi connectivity index (χ4v) is 7.71. The van der Waals surface area contributed by atoms with E-state index in [2.05, 4.69) is 177 Å². The van der Waals surface area contributed by atoms with Crippen molar-refractivity contribution < 1.29 is 0 Å². The van der Waals surface area contributed by atoms with Crippen LogP contribution in [0, 0.1) is 0 Å². The van der Waals surface area contributed by atoms with Crippen LogP contribution in [0.3, 0.4) is 0 Å². The van der Waals surface area contributed by atoms with Crippen LogP contribution in [-0.2, 0) is 5.41 Å². The van der Waals surface area contributed by atoms with E-state index < -0.39 is 0 Å². The molecule has 0 N–H and O–H groups in total. The van der Waals surface area contributed by atoms with Crippen LogP contribution < -0.4 is 0 Å². The van der Waals surface area contributed by atoms with Gasteiger partial charge in [0.15, 0.2) is 0 Å². The quantitative estimate of drug-likeness (QED) is 0.185. The fourth-order valence-electron chi connectivity index (χ4n) is 7.71. The molecule has 1 heterocycles. The van der Waals surface area contributed by atoms with Crippen LogP contribution in [0.25, 0.3) is 77.5 Å². The summed E-state index contributed by atoms with van der Waals surface area (Å²) in [5.41, 5.74) is 17.4. The molecule has 7 aromatic carbocycles. The zero-order valence-electron chi connectivity index (χ0n) is 27.7. The van der Waals surface area contributed by atoms with Crippen molar-refractivity contribution in [1.29, 1.82) is 0 Å². The van der Waals surface area contributed by atoms with E-state index in [0.29, 0.717) is 0 Å². The van der Waals surface area contributed by atoms with Crippen LogP contribution in [0.2, 0.25) is 0 Å². The molecule has 0 atom stereocenters. The first-order valence-electron chi connectivity index (χ1n) is 17.0. The minimum Gasteiger partial charge on any atom is -0.264 e. The monoisotopic (exact) mass is 625 g/mol. The van der Waals surface area contributed by atoms with E-state index in [1.807, 2.05) is 18.5 Å². The summed E-state index contributed by atoms with van der Waals surface area (Å²) in [6.07, 6.45) is 3.74. The van der Waals surface area contributed by atoms with Crippen molar-refractivity contribution in [3.8, 4) is 66.8 Å². The lowest BCUT2D eigenvalue weighted by molar-refractivity contribution is 0.661. The fraction of sp³-hybridized carbons (Fsp3) is 0.0625. The Labute approximate surface area is 288 Å². The van der Waals surface area contributed by atoms with Crippen LogP contribution in [0.5, 0.6) is 0 Å². The lowest BCUT2D eigenvalue weighted by atomic mass is 9.81. The van der Waals surface area contributed by atoms with E-state index in [9.17, 15) is 0 Å². The summed E-state index contributed by atoms with van der Waals surface area (Å²) in [7, 11) is 0. The molecule has 1 heteroatoms. The minimum absolute atomic E-state index is 0.0999. The SMILES string of the molecule is CC1(C)c2cc(-c3cc(-c4ccc(-c5cccnc5)cc4)cc(-c4cccc(-c5ccccc5)c4)c3)ccc2-c2c1ccc1ccccc21. The third-order valence-corrected chi connectivity index (χ3v) is 10.3. The molecule has 8 aromatic rings. The largest absolute Gasteiger partial charge is 0.264 e. The first kappa shape index (κ1) is 29.1.